The van der Waals surface area contributed by atoms with Gasteiger partial charge in [0.25, 0.3) is 5.91 Å². The summed E-state index contributed by atoms with van der Waals surface area (Å²) in [5.41, 5.74) is 1.38. The number of anilines is 1. The number of rotatable bonds is 9. The number of nitrogens with zero attached hydrogens (tertiary/aromatic N) is 2. The van der Waals surface area contributed by atoms with Crippen LogP contribution in [0.2, 0.25) is 5.02 Å². The van der Waals surface area contributed by atoms with Crippen LogP contribution in [0.4, 0.5) is 5.69 Å². The predicted octanol–water partition coefficient (Wildman–Crippen LogP) is 3.47. The number of nitrogens with one attached hydrogen (secondary N) is 1. The van der Waals surface area contributed by atoms with Crippen LogP contribution in [0, 0.1) is 0 Å². The average molecular weight is 558 g/mol. The maximum absolute atomic E-state index is 13.4. The second kappa shape index (κ2) is 11.8. The minimum absolute atomic E-state index is 0.0678. The SMILES string of the molecule is CCOc1ccc(S(=O)(=O)N(C)CC(=O)N2C[C@H](C(=O)NCc3ccccc3)Oc3ccccc32)cc1Cl. The summed E-state index contributed by atoms with van der Waals surface area (Å²) in [6, 6.07) is 20.4. The van der Waals surface area contributed by atoms with Gasteiger partial charge in [-0.25, -0.2) is 8.42 Å². The predicted molar refractivity (Wildman–Crippen MR) is 144 cm³/mol. The minimum Gasteiger partial charge on any atom is -0.492 e. The highest BCUT2D eigenvalue weighted by molar-refractivity contribution is 7.89. The van der Waals surface area contributed by atoms with Crippen molar-refractivity contribution >= 4 is 39.1 Å². The first-order valence-electron chi connectivity index (χ1n) is 12.0. The number of hydrogen-bond acceptors (Lipinski definition) is 6. The Labute approximate surface area is 227 Å². The second-order valence-electron chi connectivity index (χ2n) is 8.57. The standard InChI is InChI=1S/C27H28ClN3O6S/c1-3-36-23-14-13-20(15-21(23)28)38(34,35)30(2)18-26(32)31-17-25(37-24-12-8-7-11-22(24)31)27(33)29-16-19-9-5-4-6-10-19/h4-15,25H,3,16-18H2,1-2H3,(H,29,33)/t25-/m1/s1. The molecule has 1 aliphatic heterocycles. The Kier molecular flexibility index (Phi) is 8.55. The molecule has 0 bridgehead atoms. The van der Waals surface area contributed by atoms with Crippen LogP contribution in [0.15, 0.2) is 77.7 Å². The smallest absolute Gasteiger partial charge is 0.263 e. The number of carbonyl (C=O) groups excluding carboxylic acids is 2. The molecule has 200 valence electrons. The Morgan fingerprint density at radius 3 is 2.53 bits per heavy atom. The monoisotopic (exact) mass is 557 g/mol. The van der Waals surface area contributed by atoms with Crippen LogP contribution < -0.4 is 19.7 Å². The molecule has 0 saturated heterocycles. The molecule has 3 aromatic rings. The van der Waals surface area contributed by atoms with E-state index in [4.69, 9.17) is 21.1 Å². The normalized spacial score (nSPS) is 14.9. The summed E-state index contributed by atoms with van der Waals surface area (Å²) >= 11 is 6.18. The number of benzene rings is 3. The number of likely N-dealkylation sites (N-methyl/N-ethyl adjacent to an activating group) is 1. The van der Waals surface area contributed by atoms with E-state index in [0.717, 1.165) is 9.87 Å². The van der Waals surface area contributed by atoms with Gasteiger partial charge in [-0.15, -0.1) is 0 Å². The fourth-order valence-corrected chi connectivity index (χ4v) is 5.41. The molecule has 9 nitrogen and oxygen atoms in total. The topological polar surface area (TPSA) is 105 Å². The molecule has 0 aromatic heterocycles. The van der Waals surface area contributed by atoms with Gasteiger partial charge in [-0.3, -0.25) is 9.59 Å². The van der Waals surface area contributed by atoms with Crippen LogP contribution in [0.1, 0.15) is 12.5 Å². The van der Waals surface area contributed by atoms with Crippen molar-refractivity contribution in [3.05, 3.63) is 83.4 Å². The summed E-state index contributed by atoms with van der Waals surface area (Å²) in [7, 11) is -2.72. The average Bonchev–Trinajstić information content (AvgIpc) is 2.92. The van der Waals surface area contributed by atoms with E-state index in [1.807, 2.05) is 30.3 Å². The first-order valence-corrected chi connectivity index (χ1v) is 13.8. The van der Waals surface area contributed by atoms with E-state index in [9.17, 15) is 18.0 Å². The van der Waals surface area contributed by atoms with Crippen molar-refractivity contribution in [3.8, 4) is 11.5 Å². The quantitative estimate of drug-likeness (QED) is 0.432. The number of carbonyl (C=O) groups is 2. The maximum atomic E-state index is 13.4. The summed E-state index contributed by atoms with van der Waals surface area (Å²) in [5, 5.41) is 2.99. The summed E-state index contributed by atoms with van der Waals surface area (Å²) in [4.78, 5) is 27.6. The van der Waals surface area contributed by atoms with E-state index in [-0.39, 0.29) is 22.4 Å². The molecular formula is C27H28ClN3O6S. The van der Waals surface area contributed by atoms with Crippen molar-refractivity contribution in [2.75, 3.05) is 31.6 Å². The molecule has 38 heavy (non-hydrogen) atoms. The molecule has 1 aliphatic rings. The molecule has 0 aliphatic carbocycles. The van der Waals surface area contributed by atoms with Gasteiger partial charge in [-0.1, -0.05) is 54.1 Å². The van der Waals surface area contributed by atoms with Crippen molar-refractivity contribution in [1.82, 2.24) is 9.62 Å². The van der Waals surface area contributed by atoms with Crippen molar-refractivity contribution in [2.24, 2.45) is 0 Å². The Morgan fingerprint density at radius 1 is 1.11 bits per heavy atom. The summed E-state index contributed by atoms with van der Waals surface area (Å²) in [6.45, 7) is 1.95. The van der Waals surface area contributed by atoms with Gasteiger partial charge >= 0.3 is 0 Å². The van der Waals surface area contributed by atoms with E-state index >= 15 is 0 Å². The fraction of sp³-hybridized carbons (Fsp3) is 0.259. The van der Waals surface area contributed by atoms with Crippen LogP contribution in [-0.4, -0.2) is 57.4 Å². The highest BCUT2D eigenvalue weighted by Crippen LogP contribution is 2.34. The van der Waals surface area contributed by atoms with E-state index in [1.54, 1.807) is 31.2 Å². The number of ether oxygens (including phenoxy) is 2. The number of amides is 2. The Morgan fingerprint density at radius 2 is 1.82 bits per heavy atom. The second-order valence-corrected chi connectivity index (χ2v) is 11.0. The number of fused-ring (bicyclic) bond motifs is 1. The van der Waals surface area contributed by atoms with Gasteiger partial charge in [-0.2, -0.15) is 4.31 Å². The molecule has 2 amide bonds. The largest absolute Gasteiger partial charge is 0.492 e. The van der Waals surface area contributed by atoms with Gasteiger partial charge in [0.05, 0.1) is 35.3 Å². The summed E-state index contributed by atoms with van der Waals surface area (Å²) in [6.07, 6.45) is -0.968. The first kappa shape index (κ1) is 27.4. The zero-order valence-corrected chi connectivity index (χ0v) is 22.5. The van der Waals surface area contributed by atoms with E-state index in [2.05, 4.69) is 5.32 Å². The first-order chi connectivity index (χ1) is 18.2. The lowest BCUT2D eigenvalue weighted by Crippen LogP contribution is -2.52. The number of para-hydroxylation sites is 2. The number of hydrogen-bond donors (Lipinski definition) is 1. The lowest BCUT2D eigenvalue weighted by molar-refractivity contribution is -0.128. The molecular weight excluding hydrogens is 530 g/mol. The highest BCUT2D eigenvalue weighted by atomic mass is 35.5. The molecule has 3 aromatic carbocycles. The van der Waals surface area contributed by atoms with Crippen molar-refractivity contribution in [3.63, 3.8) is 0 Å². The third kappa shape index (κ3) is 6.09. The van der Waals surface area contributed by atoms with Crippen molar-refractivity contribution in [1.29, 1.82) is 0 Å². The summed E-state index contributed by atoms with van der Waals surface area (Å²) in [5.74, 6) is -0.167. The molecule has 1 atom stereocenters. The Bertz CT molecular complexity index is 1420. The van der Waals surface area contributed by atoms with Gasteiger partial charge in [-0.05, 0) is 42.8 Å². The van der Waals surface area contributed by atoms with E-state index in [1.165, 1.54) is 30.1 Å². The molecule has 11 heteroatoms. The lowest BCUT2D eigenvalue weighted by Gasteiger charge is -2.35. The lowest BCUT2D eigenvalue weighted by atomic mass is 10.1. The Hall–Kier alpha value is -3.60. The van der Waals surface area contributed by atoms with Crippen LogP contribution in [-0.2, 0) is 26.2 Å². The van der Waals surface area contributed by atoms with Crippen LogP contribution in [0.5, 0.6) is 11.5 Å². The third-order valence-electron chi connectivity index (χ3n) is 5.95. The third-order valence-corrected chi connectivity index (χ3v) is 8.04. The minimum atomic E-state index is -4.04. The molecule has 0 saturated carbocycles. The molecule has 1 heterocycles. The van der Waals surface area contributed by atoms with Gasteiger partial charge in [0, 0.05) is 13.6 Å². The molecule has 4 rings (SSSR count). The zero-order chi connectivity index (χ0) is 27.3. The molecule has 0 unspecified atom stereocenters. The zero-order valence-electron chi connectivity index (χ0n) is 21.0. The van der Waals surface area contributed by atoms with Gasteiger partial charge < -0.3 is 19.7 Å². The summed E-state index contributed by atoms with van der Waals surface area (Å²) < 4.78 is 38.6. The van der Waals surface area contributed by atoms with Crippen LogP contribution in [0.3, 0.4) is 0 Å². The Balaban J connectivity index is 1.49. The molecule has 0 radical (unpaired) electrons. The number of halogens is 1. The molecule has 0 fully saturated rings. The fourth-order valence-electron chi connectivity index (χ4n) is 3.96. The molecule has 1 N–H and O–H groups in total. The van der Waals surface area contributed by atoms with Gasteiger partial charge in [0.2, 0.25) is 15.9 Å². The molecule has 0 spiro atoms. The van der Waals surface area contributed by atoms with Crippen LogP contribution >= 0.6 is 11.6 Å². The van der Waals surface area contributed by atoms with Gasteiger partial charge in [0.15, 0.2) is 6.10 Å². The van der Waals surface area contributed by atoms with Crippen molar-refractivity contribution in [2.45, 2.75) is 24.5 Å². The maximum Gasteiger partial charge on any atom is 0.263 e. The highest BCUT2D eigenvalue weighted by Gasteiger charge is 2.35. The van der Waals surface area contributed by atoms with E-state index < -0.39 is 28.6 Å². The van der Waals surface area contributed by atoms with Gasteiger partial charge in [0.1, 0.15) is 11.5 Å². The number of sulfonamides is 1. The van der Waals surface area contributed by atoms with E-state index in [0.29, 0.717) is 30.3 Å². The van der Waals surface area contributed by atoms with Crippen LogP contribution in [0.25, 0.3) is 0 Å². The van der Waals surface area contributed by atoms with Crippen molar-refractivity contribution < 1.29 is 27.5 Å².